The smallest absolute Gasteiger partial charge is 0.196 e. The van der Waals surface area contributed by atoms with Gasteiger partial charge in [0.25, 0.3) is 5.83 Å². The van der Waals surface area contributed by atoms with Gasteiger partial charge in [-0.1, -0.05) is 0 Å². The van der Waals surface area contributed by atoms with E-state index in [1.54, 1.807) is 0 Å². The molecular formula is C4F6. The van der Waals surface area contributed by atoms with Gasteiger partial charge in [0.05, 0.1) is 0 Å². The molecule has 0 heterocycles. The van der Waals surface area contributed by atoms with Crippen LogP contribution >= 0.6 is 0 Å². The Balaban J connectivity index is 0. The van der Waals surface area contributed by atoms with E-state index < -0.39 is 18.1 Å². The maximum absolute atomic E-state index is 11.0. The lowest BCUT2D eigenvalue weighted by atomic mass is 10.6. The summed E-state index contributed by atoms with van der Waals surface area (Å²) in [5.41, 5.74) is 0. The van der Waals surface area contributed by atoms with Gasteiger partial charge in [-0.25, -0.2) is 0 Å². The van der Waals surface area contributed by atoms with Crippen LogP contribution in [0.1, 0.15) is 0 Å². The standard InChI is InChI=1S/C3F6.C/c4-1(2(5)6)3(7,8)9;. The quantitative estimate of drug-likeness (QED) is 0.480. The van der Waals surface area contributed by atoms with Crippen molar-refractivity contribution in [2.45, 2.75) is 6.18 Å². The Kier molecular flexibility index (Phi) is 4.19. The van der Waals surface area contributed by atoms with E-state index in [-0.39, 0.29) is 7.43 Å². The number of rotatable bonds is 0. The minimum Gasteiger partial charge on any atom is -0.196 e. The Labute approximate surface area is 53.1 Å². The Bertz CT molecular complexity index is 127. The normalized spacial score (nSPS) is 10.2. The fourth-order valence-corrected chi connectivity index (χ4v) is 0.107. The molecule has 58 valence electrons. The topological polar surface area (TPSA) is 0 Å². The predicted molar refractivity (Wildman–Crippen MR) is 19.6 cm³/mol. The van der Waals surface area contributed by atoms with Gasteiger partial charge in [0, 0.05) is 7.43 Å². The number of hydrogen-bond acceptors (Lipinski definition) is 0. The van der Waals surface area contributed by atoms with Crippen molar-refractivity contribution >= 4 is 0 Å². The molecular weight excluding hydrogens is 162 g/mol. The van der Waals surface area contributed by atoms with Gasteiger partial charge < -0.3 is 0 Å². The highest BCUT2D eigenvalue weighted by molar-refractivity contribution is 4.98. The van der Waals surface area contributed by atoms with Gasteiger partial charge in [0.15, 0.2) is 0 Å². The summed E-state index contributed by atoms with van der Waals surface area (Å²) < 4.78 is 64.8. The molecule has 0 fully saturated rings. The second kappa shape index (κ2) is 3.48. The molecule has 0 atom stereocenters. The summed E-state index contributed by atoms with van der Waals surface area (Å²) >= 11 is 0. The van der Waals surface area contributed by atoms with Crippen molar-refractivity contribution in [3.8, 4) is 0 Å². The second-order valence-electron chi connectivity index (χ2n) is 1.07. The maximum atomic E-state index is 11.0. The highest BCUT2D eigenvalue weighted by atomic mass is 19.4. The molecule has 10 heavy (non-hydrogen) atoms. The van der Waals surface area contributed by atoms with Gasteiger partial charge >= 0.3 is 12.3 Å². The molecule has 4 radical (unpaired) electrons. The summed E-state index contributed by atoms with van der Waals surface area (Å²) in [6, 6.07) is 0. The van der Waals surface area contributed by atoms with Crippen molar-refractivity contribution < 1.29 is 26.3 Å². The van der Waals surface area contributed by atoms with Crippen LogP contribution in [0.5, 0.6) is 0 Å². The summed E-state index contributed by atoms with van der Waals surface area (Å²) in [5, 5.41) is 0. The van der Waals surface area contributed by atoms with E-state index in [1.807, 2.05) is 0 Å². The SMILES string of the molecule is FC(F)=C(F)C(F)(F)F.[C]. The Morgan fingerprint density at radius 1 is 0.900 bits per heavy atom. The average Bonchev–Trinajstić information content (AvgIpc) is 1.62. The molecule has 0 rings (SSSR count). The zero-order valence-corrected chi connectivity index (χ0v) is 4.27. The van der Waals surface area contributed by atoms with Crippen molar-refractivity contribution in [2.75, 3.05) is 0 Å². The third-order valence-corrected chi connectivity index (χ3v) is 0.415. The average molecular weight is 162 g/mol. The number of halogens is 6. The molecule has 0 aliphatic heterocycles. The molecule has 0 unspecified atom stereocenters. The first kappa shape index (κ1) is 12.0. The van der Waals surface area contributed by atoms with Crippen LogP contribution in [0, 0.1) is 7.43 Å². The Morgan fingerprint density at radius 2 is 1.20 bits per heavy atom. The van der Waals surface area contributed by atoms with Crippen molar-refractivity contribution in [3.63, 3.8) is 0 Å². The van der Waals surface area contributed by atoms with E-state index >= 15 is 0 Å². The van der Waals surface area contributed by atoms with Crippen molar-refractivity contribution in [1.82, 2.24) is 0 Å². The molecule has 0 nitrogen and oxygen atoms in total. The van der Waals surface area contributed by atoms with Crippen LogP contribution in [-0.2, 0) is 0 Å². The fourth-order valence-electron chi connectivity index (χ4n) is 0.107. The predicted octanol–water partition coefficient (Wildman–Crippen LogP) is 2.71. The summed E-state index contributed by atoms with van der Waals surface area (Å²) in [6.45, 7) is 0. The van der Waals surface area contributed by atoms with E-state index in [9.17, 15) is 26.3 Å². The van der Waals surface area contributed by atoms with Crippen LogP contribution in [0.4, 0.5) is 26.3 Å². The van der Waals surface area contributed by atoms with Gasteiger partial charge in [0.2, 0.25) is 0 Å². The molecule has 0 bridgehead atoms. The molecule has 0 saturated carbocycles. The number of allylic oxidation sites excluding steroid dienone is 1. The molecule has 0 aromatic rings. The molecule has 6 heteroatoms. The van der Waals surface area contributed by atoms with Crippen LogP contribution in [0.2, 0.25) is 0 Å². The van der Waals surface area contributed by atoms with Crippen LogP contribution in [0.25, 0.3) is 0 Å². The van der Waals surface area contributed by atoms with E-state index in [2.05, 4.69) is 0 Å². The van der Waals surface area contributed by atoms with E-state index in [4.69, 9.17) is 0 Å². The zero-order chi connectivity index (χ0) is 7.65. The molecule has 0 N–H and O–H groups in total. The Hall–Kier alpha value is -0.680. The largest absolute Gasteiger partial charge is 0.448 e. The number of alkyl halides is 3. The summed E-state index contributed by atoms with van der Waals surface area (Å²) in [5.74, 6) is -3.33. The van der Waals surface area contributed by atoms with Crippen LogP contribution < -0.4 is 0 Å². The highest BCUT2D eigenvalue weighted by Gasteiger charge is 2.38. The first-order chi connectivity index (χ1) is 3.85. The lowest BCUT2D eigenvalue weighted by Crippen LogP contribution is -2.08. The van der Waals surface area contributed by atoms with E-state index in [0.717, 1.165) is 0 Å². The highest BCUT2D eigenvalue weighted by Crippen LogP contribution is 2.29. The van der Waals surface area contributed by atoms with Gasteiger partial charge in [-0.2, -0.15) is 26.3 Å². The molecule has 0 aromatic heterocycles. The number of hydrogen-bond donors (Lipinski definition) is 0. The molecule has 0 aliphatic carbocycles. The van der Waals surface area contributed by atoms with Gasteiger partial charge in [0.1, 0.15) is 0 Å². The van der Waals surface area contributed by atoms with Crippen molar-refractivity contribution in [2.24, 2.45) is 0 Å². The first-order valence-corrected chi connectivity index (χ1v) is 1.63. The minimum atomic E-state index is -5.56. The van der Waals surface area contributed by atoms with E-state index in [0.29, 0.717) is 0 Å². The van der Waals surface area contributed by atoms with Crippen molar-refractivity contribution in [3.05, 3.63) is 19.3 Å². The molecule has 0 spiro atoms. The van der Waals surface area contributed by atoms with Gasteiger partial charge in [-0.05, 0) is 0 Å². The van der Waals surface area contributed by atoms with Crippen molar-refractivity contribution in [1.29, 1.82) is 0 Å². The lowest BCUT2D eigenvalue weighted by Gasteiger charge is -1.98. The third kappa shape index (κ3) is 3.37. The monoisotopic (exact) mass is 162 g/mol. The summed E-state index contributed by atoms with van der Waals surface area (Å²) in [7, 11) is 0. The third-order valence-electron chi connectivity index (χ3n) is 0.415. The fraction of sp³-hybridized carbons (Fsp3) is 0.250. The van der Waals surface area contributed by atoms with Gasteiger partial charge in [-0.3, -0.25) is 0 Å². The van der Waals surface area contributed by atoms with Crippen LogP contribution in [0.15, 0.2) is 11.9 Å². The molecule has 0 aromatic carbocycles. The van der Waals surface area contributed by atoms with E-state index in [1.165, 1.54) is 0 Å². The molecule has 0 amide bonds. The summed E-state index contributed by atoms with van der Waals surface area (Å²) in [6.07, 6.45) is -8.90. The maximum Gasteiger partial charge on any atom is 0.448 e. The van der Waals surface area contributed by atoms with Crippen LogP contribution in [0.3, 0.4) is 0 Å². The second-order valence-corrected chi connectivity index (χ2v) is 1.07. The molecule has 0 aliphatic rings. The first-order valence-electron chi connectivity index (χ1n) is 1.63. The van der Waals surface area contributed by atoms with Gasteiger partial charge in [-0.15, -0.1) is 0 Å². The minimum absolute atomic E-state index is 0. The zero-order valence-electron chi connectivity index (χ0n) is 4.27. The van der Waals surface area contributed by atoms with Crippen LogP contribution in [-0.4, -0.2) is 6.18 Å². The Morgan fingerprint density at radius 3 is 1.20 bits per heavy atom. The lowest BCUT2D eigenvalue weighted by molar-refractivity contribution is -0.113. The molecule has 0 saturated heterocycles. The summed E-state index contributed by atoms with van der Waals surface area (Å²) in [4.78, 5) is 0.